The van der Waals surface area contributed by atoms with Crippen LogP contribution in [-0.2, 0) is 6.42 Å². The van der Waals surface area contributed by atoms with Crippen LogP contribution < -0.4 is 0 Å². The standard InChI is InChI=1S/C15H20BrFO/c1-14(2)6-3-7-15(18,10-14)9-11-4-5-12(16)8-13(11)17/h4-5,8,18H,3,6-7,9-10H2,1-2H3. The van der Waals surface area contributed by atoms with Crippen LogP contribution in [0.3, 0.4) is 0 Å². The van der Waals surface area contributed by atoms with Crippen molar-refractivity contribution in [3.05, 3.63) is 34.1 Å². The predicted octanol–water partition coefficient (Wildman–Crippen LogP) is 4.46. The Bertz CT molecular complexity index is 444. The van der Waals surface area contributed by atoms with Crippen LogP contribution in [-0.4, -0.2) is 10.7 Å². The van der Waals surface area contributed by atoms with Crippen molar-refractivity contribution >= 4 is 15.9 Å². The lowest BCUT2D eigenvalue weighted by atomic mass is 9.68. The van der Waals surface area contributed by atoms with E-state index in [2.05, 4.69) is 29.8 Å². The largest absolute Gasteiger partial charge is 0.390 e. The molecular formula is C15H20BrFO. The van der Waals surface area contributed by atoms with Crippen molar-refractivity contribution in [1.82, 2.24) is 0 Å². The Morgan fingerprint density at radius 1 is 1.33 bits per heavy atom. The summed E-state index contributed by atoms with van der Waals surface area (Å²) in [5, 5.41) is 10.7. The lowest BCUT2D eigenvalue weighted by Crippen LogP contribution is -2.40. The van der Waals surface area contributed by atoms with Crippen LogP contribution in [0.1, 0.15) is 45.1 Å². The number of hydrogen-bond acceptors (Lipinski definition) is 1. The Kier molecular flexibility index (Phi) is 3.84. The first-order valence-corrected chi connectivity index (χ1v) is 7.25. The molecule has 1 saturated carbocycles. The van der Waals surface area contributed by atoms with Crippen molar-refractivity contribution in [3.63, 3.8) is 0 Å². The lowest BCUT2D eigenvalue weighted by Gasteiger charge is -2.41. The van der Waals surface area contributed by atoms with Gasteiger partial charge in [0, 0.05) is 10.9 Å². The molecule has 2 rings (SSSR count). The highest BCUT2D eigenvalue weighted by atomic mass is 79.9. The van der Waals surface area contributed by atoms with Crippen molar-refractivity contribution in [2.45, 2.75) is 51.6 Å². The third kappa shape index (κ3) is 3.33. The van der Waals surface area contributed by atoms with E-state index in [1.54, 1.807) is 6.07 Å². The van der Waals surface area contributed by atoms with Gasteiger partial charge in [-0.1, -0.05) is 42.3 Å². The van der Waals surface area contributed by atoms with E-state index in [1.165, 1.54) is 6.07 Å². The molecular weight excluding hydrogens is 295 g/mol. The van der Waals surface area contributed by atoms with Crippen LogP contribution in [0.5, 0.6) is 0 Å². The van der Waals surface area contributed by atoms with Gasteiger partial charge >= 0.3 is 0 Å². The van der Waals surface area contributed by atoms with Crippen LogP contribution in [0, 0.1) is 11.2 Å². The minimum absolute atomic E-state index is 0.152. The molecule has 0 radical (unpaired) electrons. The molecule has 1 nitrogen and oxygen atoms in total. The number of aliphatic hydroxyl groups is 1. The van der Waals surface area contributed by atoms with Crippen molar-refractivity contribution in [1.29, 1.82) is 0 Å². The first kappa shape index (κ1) is 14.0. The molecule has 0 aliphatic heterocycles. The molecule has 1 N–H and O–H groups in total. The fraction of sp³-hybridized carbons (Fsp3) is 0.600. The number of halogens is 2. The topological polar surface area (TPSA) is 20.2 Å². The van der Waals surface area contributed by atoms with Gasteiger partial charge in [-0.05, 0) is 42.4 Å². The third-order valence-corrected chi connectivity index (χ3v) is 4.33. The van der Waals surface area contributed by atoms with Gasteiger partial charge in [0.15, 0.2) is 0 Å². The smallest absolute Gasteiger partial charge is 0.127 e. The second-order valence-corrected chi connectivity index (χ2v) is 7.25. The van der Waals surface area contributed by atoms with Gasteiger partial charge in [-0.2, -0.15) is 0 Å². The second kappa shape index (κ2) is 4.93. The van der Waals surface area contributed by atoms with Crippen LogP contribution in [0.4, 0.5) is 4.39 Å². The number of rotatable bonds is 2. The monoisotopic (exact) mass is 314 g/mol. The zero-order valence-corrected chi connectivity index (χ0v) is 12.6. The Labute approximate surface area is 117 Å². The van der Waals surface area contributed by atoms with Crippen LogP contribution in [0.25, 0.3) is 0 Å². The molecule has 1 aliphatic rings. The van der Waals surface area contributed by atoms with Crippen molar-refractivity contribution < 1.29 is 9.50 Å². The maximum absolute atomic E-state index is 13.8. The van der Waals surface area contributed by atoms with Gasteiger partial charge in [0.1, 0.15) is 5.82 Å². The zero-order valence-electron chi connectivity index (χ0n) is 11.0. The molecule has 0 bridgehead atoms. The molecule has 0 heterocycles. The van der Waals surface area contributed by atoms with E-state index in [0.717, 1.165) is 30.2 Å². The predicted molar refractivity (Wildman–Crippen MR) is 75.0 cm³/mol. The summed E-state index contributed by atoms with van der Waals surface area (Å²) in [5.74, 6) is -0.235. The highest BCUT2D eigenvalue weighted by Crippen LogP contribution is 2.42. The van der Waals surface area contributed by atoms with Gasteiger partial charge in [0.25, 0.3) is 0 Å². The van der Waals surface area contributed by atoms with Crippen LogP contribution >= 0.6 is 15.9 Å². The van der Waals surface area contributed by atoms with E-state index in [1.807, 2.05) is 6.07 Å². The van der Waals surface area contributed by atoms with Gasteiger partial charge < -0.3 is 5.11 Å². The zero-order chi connectivity index (χ0) is 13.4. The molecule has 0 saturated heterocycles. The summed E-state index contributed by atoms with van der Waals surface area (Å²) in [4.78, 5) is 0. The fourth-order valence-electron chi connectivity index (χ4n) is 3.13. The molecule has 1 fully saturated rings. The summed E-state index contributed by atoms with van der Waals surface area (Å²) in [6.07, 6.45) is 4.08. The maximum Gasteiger partial charge on any atom is 0.127 e. The summed E-state index contributed by atoms with van der Waals surface area (Å²) >= 11 is 3.25. The van der Waals surface area contributed by atoms with Gasteiger partial charge in [-0.3, -0.25) is 0 Å². The van der Waals surface area contributed by atoms with Gasteiger partial charge in [-0.15, -0.1) is 0 Å². The Hall–Kier alpha value is -0.410. The SMILES string of the molecule is CC1(C)CCCC(O)(Cc2ccc(Br)cc2F)C1. The third-order valence-electron chi connectivity index (χ3n) is 3.84. The minimum atomic E-state index is -0.754. The fourth-order valence-corrected chi connectivity index (χ4v) is 3.47. The van der Waals surface area contributed by atoms with E-state index in [4.69, 9.17) is 0 Å². The Balaban J connectivity index is 2.17. The molecule has 1 atom stereocenters. The molecule has 3 heteroatoms. The molecule has 1 aromatic rings. The summed E-state index contributed by atoms with van der Waals surface area (Å²) in [5.41, 5.74) is 0.00770. The van der Waals surface area contributed by atoms with Gasteiger partial charge in [0.2, 0.25) is 0 Å². The summed E-state index contributed by atoms with van der Waals surface area (Å²) in [6, 6.07) is 5.06. The molecule has 1 aliphatic carbocycles. The molecule has 100 valence electrons. The first-order chi connectivity index (χ1) is 8.30. The molecule has 1 unspecified atom stereocenters. The first-order valence-electron chi connectivity index (χ1n) is 6.46. The highest BCUT2D eigenvalue weighted by Gasteiger charge is 2.38. The number of hydrogen-bond donors (Lipinski definition) is 1. The van der Waals surface area contributed by atoms with Crippen LogP contribution in [0.2, 0.25) is 0 Å². The van der Waals surface area contributed by atoms with Gasteiger partial charge in [0.05, 0.1) is 5.60 Å². The quantitative estimate of drug-likeness (QED) is 0.854. The molecule has 1 aromatic carbocycles. The van der Waals surface area contributed by atoms with E-state index >= 15 is 0 Å². The van der Waals surface area contributed by atoms with E-state index in [9.17, 15) is 9.50 Å². The minimum Gasteiger partial charge on any atom is -0.390 e. The normalized spacial score (nSPS) is 27.2. The summed E-state index contributed by atoms with van der Waals surface area (Å²) in [7, 11) is 0. The average Bonchev–Trinajstić information content (AvgIpc) is 2.20. The second-order valence-electron chi connectivity index (χ2n) is 6.33. The molecule has 18 heavy (non-hydrogen) atoms. The Morgan fingerprint density at radius 2 is 2.06 bits per heavy atom. The van der Waals surface area contributed by atoms with Crippen molar-refractivity contribution in [2.75, 3.05) is 0 Å². The van der Waals surface area contributed by atoms with Crippen LogP contribution in [0.15, 0.2) is 22.7 Å². The molecule has 0 aromatic heterocycles. The highest BCUT2D eigenvalue weighted by molar-refractivity contribution is 9.10. The molecule has 0 spiro atoms. The van der Waals surface area contributed by atoms with Crippen molar-refractivity contribution in [3.8, 4) is 0 Å². The van der Waals surface area contributed by atoms with E-state index in [0.29, 0.717) is 12.0 Å². The average molecular weight is 315 g/mol. The maximum atomic E-state index is 13.8. The molecule has 0 amide bonds. The van der Waals surface area contributed by atoms with E-state index in [-0.39, 0.29) is 11.2 Å². The van der Waals surface area contributed by atoms with E-state index < -0.39 is 5.60 Å². The van der Waals surface area contributed by atoms with Gasteiger partial charge in [-0.25, -0.2) is 4.39 Å². The lowest BCUT2D eigenvalue weighted by molar-refractivity contribution is -0.0387. The van der Waals surface area contributed by atoms with Crippen molar-refractivity contribution in [2.24, 2.45) is 5.41 Å². The summed E-state index contributed by atoms with van der Waals surface area (Å²) in [6.45, 7) is 4.35. The number of benzene rings is 1. The Morgan fingerprint density at radius 3 is 2.67 bits per heavy atom. The summed E-state index contributed by atoms with van der Waals surface area (Å²) < 4.78 is 14.6.